The molecule has 0 radical (unpaired) electrons. The summed E-state index contributed by atoms with van der Waals surface area (Å²) >= 11 is 11.3. The second-order valence-corrected chi connectivity index (χ2v) is 7.19. The molecule has 1 aliphatic rings. The monoisotopic (exact) mass is 462 g/mol. The van der Waals surface area contributed by atoms with Gasteiger partial charge in [-0.15, -0.1) is 0 Å². The first-order valence-corrected chi connectivity index (χ1v) is 8.87. The van der Waals surface area contributed by atoms with E-state index in [4.69, 9.17) is 32.5 Å². The maximum absolute atomic E-state index is 14.1. The van der Waals surface area contributed by atoms with Gasteiger partial charge in [0.05, 0.1) is 39.4 Å². The molecule has 12 heteroatoms. The Bertz CT molecular complexity index is 1200. The molecule has 0 fully saturated rings. The number of oxime groups is 1. The zero-order chi connectivity index (χ0) is 21.8. The number of benzene rings is 1. The maximum atomic E-state index is 14.1. The number of carboxylic acid groups (broad SMARTS) is 1. The number of furan rings is 1. The zero-order valence-electron chi connectivity index (χ0n) is 14.4. The minimum absolute atomic E-state index is 0.0158. The quantitative estimate of drug-likeness (QED) is 0.407. The minimum atomic E-state index is -4.99. The smallest absolute Gasteiger partial charge is 0.435 e. The topological polar surface area (TPSA) is 84.9 Å². The first-order chi connectivity index (χ1) is 14.0. The van der Waals surface area contributed by atoms with Crippen molar-refractivity contribution < 1.29 is 36.7 Å². The number of rotatable bonds is 3. The van der Waals surface area contributed by atoms with Crippen LogP contribution in [0.5, 0.6) is 0 Å². The van der Waals surface area contributed by atoms with Crippen LogP contribution < -0.4 is 0 Å². The summed E-state index contributed by atoms with van der Waals surface area (Å²) in [5.41, 5.74) is -4.07. The summed E-state index contributed by atoms with van der Waals surface area (Å²) in [6.07, 6.45) is -3.61. The summed E-state index contributed by atoms with van der Waals surface area (Å²) in [7, 11) is 0. The van der Waals surface area contributed by atoms with Gasteiger partial charge >= 0.3 is 12.1 Å². The summed E-state index contributed by atoms with van der Waals surface area (Å²) in [5, 5.41) is 11.6. The predicted octanol–water partition coefficient (Wildman–Crippen LogP) is 5.55. The first kappa shape index (κ1) is 20.4. The summed E-state index contributed by atoms with van der Waals surface area (Å²) < 4.78 is 61.2. The number of hydrogen-bond donors (Lipinski definition) is 1. The van der Waals surface area contributed by atoms with E-state index in [1.165, 1.54) is 12.3 Å². The molecule has 1 N–H and O–H groups in total. The SMILES string of the molecule is O=C(O)c1ncc(C2=NOC(c3cc(Cl)c(F)c(Cl)c3)(C(F)(F)F)C2)c2occc12. The lowest BCUT2D eigenvalue weighted by atomic mass is 9.86. The van der Waals surface area contributed by atoms with E-state index in [2.05, 4.69) is 10.1 Å². The number of alkyl halides is 3. The zero-order valence-corrected chi connectivity index (χ0v) is 15.9. The molecule has 3 heterocycles. The lowest BCUT2D eigenvalue weighted by molar-refractivity contribution is -0.275. The molecule has 1 aliphatic heterocycles. The molecular formula is C18H8Cl2F4N2O4. The molecule has 0 aliphatic carbocycles. The number of fused-ring (bicyclic) bond motifs is 1. The number of aromatic nitrogens is 1. The van der Waals surface area contributed by atoms with E-state index >= 15 is 0 Å². The number of carboxylic acids is 1. The largest absolute Gasteiger partial charge is 0.476 e. The number of carbonyl (C=O) groups is 1. The Morgan fingerprint density at radius 2 is 1.90 bits per heavy atom. The van der Waals surface area contributed by atoms with Crippen molar-refractivity contribution in [2.75, 3.05) is 0 Å². The van der Waals surface area contributed by atoms with Gasteiger partial charge in [-0.1, -0.05) is 28.4 Å². The van der Waals surface area contributed by atoms with Crippen molar-refractivity contribution in [3.63, 3.8) is 0 Å². The van der Waals surface area contributed by atoms with Gasteiger partial charge in [0.15, 0.2) is 11.5 Å². The van der Waals surface area contributed by atoms with Crippen LogP contribution in [-0.2, 0) is 10.4 Å². The van der Waals surface area contributed by atoms with Crippen molar-refractivity contribution in [3.05, 3.63) is 63.3 Å². The van der Waals surface area contributed by atoms with E-state index in [1.807, 2.05) is 0 Å². The summed E-state index contributed by atoms with van der Waals surface area (Å²) in [4.78, 5) is 19.9. The summed E-state index contributed by atoms with van der Waals surface area (Å²) in [5.74, 6) is -2.40. The highest BCUT2D eigenvalue weighted by atomic mass is 35.5. The van der Waals surface area contributed by atoms with E-state index in [9.17, 15) is 27.5 Å². The average molecular weight is 463 g/mol. The van der Waals surface area contributed by atoms with Crippen LogP contribution in [0.15, 0.2) is 40.2 Å². The van der Waals surface area contributed by atoms with Crippen molar-refractivity contribution in [3.8, 4) is 0 Å². The summed E-state index contributed by atoms with van der Waals surface area (Å²) in [6.45, 7) is 0. The van der Waals surface area contributed by atoms with Crippen LogP contribution in [-0.4, -0.2) is 27.9 Å². The lowest BCUT2D eigenvalue weighted by Gasteiger charge is -2.29. The standard InChI is InChI=1S/C18H8Cl2F4N2O4/c19-10-3-7(4-11(20)13(10)21)17(18(22,23)24)5-12(26-30-17)9-6-25-14(16(27)28)8-1-2-29-15(8)9/h1-4,6H,5H2,(H,27,28). The van der Waals surface area contributed by atoms with Gasteiger partial charge in [0.25, 0.3) is 5.60 Å². The van der Waals surface area contributed by atoms with Gasteiger partial charge in [-0.3, -0.25) is 0 Å². The molecule has 0 spiro atoms. The van der Waals surface area contributed by atoms with Crippen LogP contribution in [0.3, 0.4) is 0 Å². The van der Waals surface area contributed by atoms with Crippen LogP contribution in [0.25, 0.3) is 11.0 Å². The third-order valence-electron chi connectivity index (χ3n) is 4.64. The second-order valence-electron chi connectivity index (χ2n) is 6.37. The number of nitrogens with zero attached hydrogens (tertiary/aromatic N) is 2. The third kappa shape index (κ3) is 2.98. The second kappa shape index (κ2) is 6.85. The Kier molecular flexibility index (Phi) is 4.66. The fourth-order valence-corrected chi connectivity index (χ4v) is 3.66. The Balaban J connectivity index is 1.83. The Labute approximate surface area is 174 Å². The predicted molar refractivity (Wildman–Crippen MR) is 97.4 cm³/mol. The molecule has 6 nitrogen and oxygen atoms in total. The van der Waals surface area contributed by atoms with Gasteiger partial charge in [0.2, 0.25) is 0 Å². The minimum Gasteiger partial charge on any atom is -0.476 e. The van der Waals surface area contributed by atoms with E-state index in [0.717, 1.165) is 18.3 Å². The molecule has 1 atom stereocenters. The Morgan fingerprint density at radius 3 is 2.50 bits per heavy atom. The van der Waals surface area contributed by atoms with Crippen molar-refractivity contribution in [2.45, 2.75) is 18.2 Å². The fourth-order valence-electron chi connectivity index (χ4n) is 3.17. The molecule has 1 aromatic carbocycles. The molecule has 0 bridgehead atoms. The van der Waals surface area contributed by atoms with Gasteiger partial charge in [-0.2, -0.15) is 13.2 Å². The Hall–Kier alpha value is -2.85. The van der Waals surface area contributed by atoms with Gasteiger partial charge < -0.3 is 14.4 Å². The molecule has 2 aromatic heterocycles. The Morgan fingerprint density at radius 1 is 1.23 bits per heavy atom. The molecule has 1 unspecified atom stereocenters. The van der Waals surface area contributed by atoms with Crippen molar-refractivity contribution in [1.82, 2.24) is 4.98 Å². The van der Waals surface area contributed by atoms with Crippen molar-refractivity contribution in [2.24, 2.45) is 5.16 Å². The van der Waals surface area contributed by atoms with Gasteiger partial charge in [0.1, 0.15) is 5.58 Å². The van der Waals surface area contributed by atoms with Crippen molar-refractivity contribution in [1.29, 1.82) is 0 Å². The molecule has 0 saturated heterocycles. The third-order valence-corrected chi connectivity index (χ3v) is 5.19. The van der Waals surface area contributed by atoms with E-state index in [1.54, 1.807) is 0 Å². The molecule has 0 amide bonds. The van der Waals surface area contributed by atoms with Gasteiger partial charge in [-0.25, -0.2) is 14.2 Å². The van der Waals surface area contributed by atoms with Crippen LogP contribution in [0.1, 0.15) is 28.0 Å². The molecule has 0 saturated carbocycles. The summed E-state index contributed by atoms with van der Waals surface area (Å²) in [6, 6.07) is 2.86. The normalized spacial score (nSPS) is 19.1. The van der Waals surface area contributed by atoms with Crippen molar-refractivity contribution >= 4 is 45.9 Å². The molecule has 30 heavy (non-hydrogen) atoms. The van der Waals surface area contributed by atoms with E-state index in [-0.39, 0.29) is 27.9 Å². The molecule has 3 aromatic rings. The molecule has 156 valence electrons. The first-order valence-electron chi connectivity index (χ1n) is 8.12. The van der Waals surface area contributed by atoms with E-state index < -0.39 is 45.6 Å². The number of hydrogen-bond acceptors (Lipinski definition) is 5. The van der Waals surface area contributed by atoms with Crippen LogP contribution in [0, 0.1) is 5.82 Å². The average Bonchev–Trinajstić information content (AvgIpc) is 3.32. The van der Waals surface area contributed by atoms with Gasteiger partial charge in [0, 0.05) is 11.8 Å². The fraction of sp³-hybridized carbons (Fsp3) is 0.167. The number of aromatic carboxylic acids is 1. The van der Waals surface area contributed by atoms with Crippen LogP contribution in [0.4, 0.5) is 17.6 Å². The van der Waals surface area contributed by atoms with Crippen LogP contribution in [0.2, 0.25) is 10.0 Å². The van der Waals surface area contributed by atoms with E-state index in [0.29, 0.717) is 0 Å². The maximum Gasteiger partial charge on any atom is 0.435 e. The number of halogens is 6. The molecular weight excluding hydrogens is 455 g/mol. The highest BCUT2D eigenvalue weighted by Crippen LogP contribution is 2.50. The van der Waals surface area contributed by atoms with Gasteiger partial charge in [-0.05, 0) is 18.2 Å². The lowest BCUT2D eigenvalue weighted by Crippen LogP contribution is -2.42. The highest BCUT2D eigenvalue weighted by molar-refractivity contribution is 6.35. The number of pyridine rings is 1. The molecule has 4 rings (SSSR count). The van der Waals surface area contributed by atoms with Crippen LogP contribution >= 0.6 is 23.2 Å². The highest BCUT2D eigenvalue weighted by Gasteiger charge is 2.62.